The molecule has 0 spiro atoms. The second-order valence-electron chi connectivity index (χ2n) is 4.49. The first-order chi connectivity index (χ1) is 10.2. The summed E-state index contributed by atoms with van der Waals surface area (Å²) in [6.07, 6.45) is -4.46. The Morgan fingerprint density at radius 1 is 1.55 bits per heavy atom. The number of hydrogen-bond donors (Lipinski definition) is 1. The first-order valence-electron chi connectivity index (χ1n) is 6.14. The standard InChI is InChI=1S/C12H12F3N3O2S2/c1-6(9(19)16-5-12(13,14)15)22-11-17-7-3-4-21-8(7)10(20)18(11)2/h3-4,6H,5H2,1-2H3,(H,16,19). The van der Waals surface area contributed by atoms with Crippen LogP contribution in [0.25, 0.3) is 10.2 Å². The number of rotatable bonds is 4. The van der Waals surface area contributed by atoms with Gasteiger partial charge in [-0.3, -0.25) is 14.2 Å². The highest BCUT2D eigenvalue weighted by molar-refractivity contribution is 8.00. The molecule has 22 heavy (non-hydrogen) atoms. The number of thiophene rings is 1. The van der Waals surface area contributed by atoms with E-state index in [4.69, 9.17) is 0 Å². The molecule has 10 heteroatoms. The quantitative estimate of drug-likeness (QED) is 0.677. The molecule has 0 aromatic carbocycles. The molecule has 2 aromatic heterocycles. The molecule has 2 rings (SSSR count). The summed E-state index contributed by atoms with van der Waals surface area (Å²) in [5.74, 6) is -0.762. The highest BCUT2D eigenvalue weighted by atomic mass is 32.2. The van der Waals surface area contributed by atoms with Gasteiger partial charge in [-0.25, -0.2) is 4.98 Å². The van der Waals surface area contributed by atoms with Crippen LogP contribution in [-0.4, -0.2) is 33.4 Å². The Bertz CT molecular complexity index is 754. The van der Waals surface area contributed by atoms with E-state index in [9.17, 15) is 22.8 Å². The van der Waals surface area contributed by atoms with Gasteiger partial charge in [0.2, 0.25) is 5.91 Å². The fourth-order valence-electron chi connectivity index (χ4n) is 1.62. The van der Waals surface area contributed by atoms with Crippen molar-refractivity contribution in [2.45, 2.75) is 23.5 Å². The van der Waals surface area contributed by atoms with E-state index in [0.29, 0.717) is 10.2 Å². The second-order valence-corrected chi connectivity index (χ2v) is 6.71. The number of nitrogens with one attached hydrogen (secondary N) is 1. The Morgan fingerprint density at radius 2 is 2.23 bits per heavy atom. The maximum atomic E-state index is 12.1. The van der Waals surface area contributed by atoms with Gasteiger partial charge in [0.1, 0.15) is 11.2 Å². The third kappa shape index (κ3) is 3.80. The predicted molar refractivity (Wildman–Crippen MR) is 79.2 cm³/mol. The van der Waals surface area contributed by atoms with Crippen molar-refractivity contribution in [1.82, 2.24) is 14.9 Å². The number of carbonyl (C=O) groups is 1. The summed E-state index contributed by atoms with van der Waals surface area (Å²) in [6, 6.07) is 1.68. The molecule has 5 nitrogen and oxygen atoms in total. The summed E-state index contributed by atoms with van der Waals surface area (Å²) in [5.41, 5.74) is 0.267. The van der Waals surface area contributed by atoms with Crippen molar-refractivity contribution in [3.63, 3.8) is 0 Å². The molecular formula is C12H12F3N3O2S2. The monoisotopic (exact) mass is 351 g/mol. The Hall–Kier alpha value is -1.55. The van der Waals surface area contributed by atoms with Gasteiger partial charge < -0.3 is 5.32 Å². The number of alkyl halides is 3. The lowest BCUT2D eigenvalue weighted by molar-refractivity contribution is -0.137. The summed E-state index contributed by atoms with van der Waals surface area (Å²) in [7, 11) is 1.51. The predicted octanol–water partition coefficient (Wildman–Crippen LogP) is 2.15. The first-order valence-corrected chi connectivity index (χ1v) is 7.90. The molecule has 0 bridgehead atoms. The number of fused-ring (bicyclic) bond motifs is 1. The number of carbonyl (C=O) groups excluding carboxylic acids is 1. The zero-order valence-electron chi connectivity index (χ0n) is 11.6. The van der Waals surface area contributed by atoms with E-state index in [1.54, 1.807) is 11.4 Å². The van der Waals surface area contributed by atoms with Gasteiger partial charge in [0.25, 0.3) is 5.56 Å². The van der Waals surface area contributed by atoms with Gasteiger partial charge in [0, 0.05) is 7.05 Å². The minimum absolute atomic E-state index is 0.245. The van der Waals surface area contributed by atoms with Crippen molar-refractivity contribution >= 4 is 39.2 Å². The lowest BCUT2D eigenvalue weighted by Gasteiger charge is -2.14. The van der Waals surface area contributed by atoms with Crippen molar-refractivity contribution in [3.8, 4) is 0 Å². The molecule has 0 saturated heterocycles. The largest absolute Gasteiger partial charge is 0.405 e. The van der Waals surface area contributed by atoms with Crippen molar-refractivity contribution < 1.29 is 18.0 Å². The molecule has 1 N–H and O–H groups in total. The highest BCUT2D eigenvalue weighted by Crippen LogP contribution is 2.24. The average molecular weight is 351 g/mol. The smallest absolute Gasteiger partial charge is 0.346 e. The molecular weight excluding hydrogens is 339 g/mol. The molecule has 0 radical (unpaired) electrons. The minimum atomic E-state index is -4.46. The lowest BCUT2D eigenvalue weighted by atomic mass is 10.4. The zero-order chi connectivity index (χ0) is 16.5. The average Bonchev–Trinajstić information content (AvgIpc) is 2.89. The summed E-state index contributed by atoms with van der Waals surface area (Å²) >= 11 is 2.20. The number of amides is 1. The minimum Gasteiger partial charge on any atom is -0.346 e. The van der Waals surface area contributed by atoms with Gasteiger partial charge >= 0.3 is 6.18 Å². The van der Waals surface area contributed by atoms with E-state index < -0.39 is 23.9 Å². The zero-order valence-corrected chi connectivity index (χ0v) is 13.2. The fraction of sp³-hybridized carbons (Fsp3) is 0.417. The van der Waals surface area contributed by atoms with Crippen LogP contribution in [0.1, 0.15) is 6.92 Å². The summed E-state index contributed by atoms with van der Waals surface area (Å²) in [4.78, 5) is 28.0. The van der Waals surface area contributed by atoms with E-state index in [1.165, 1.54) is 29.9 Å². The summed E-state index contributed by atoms with van der Waals surface area (Å²) in [6.45, 7) is 0.0764. The van der Waals surface area contributed by atoms with Crippen molar-refractivity contribution in [2.75, 3.05) is 6.54 Å². The molecule has 1 atom stereocenters. The molecule has 0 aliphatic carbocycles. The van der Waals surface area contributed by atoms with E-state index in [-0.39, 0.29) is 10.7 Å². The Labute approximate surface area is 131 Å². The van der Waals surface area contributed by atoms with E-state index in [2.05, 4.69) is 4.98 Å². The maximum Gasteiger partial charge on any atom is 0.405 e. The van der Waals surface area contributed by atoms with Gasteiger partial charge in [0.05, 0.1) is 10.8 Å². The molecule has 2 heterocycles. The highest BCUT2D eigenvalue weighted by Gasteiger charge is 2.29. The summed E-state index contributed by atoms with van der Waals surface area (Å²) < 4.78 is 38.0. The third-order valence-corrected chi connectivity index (χ3v) is 4.80. The number of nitrogens with zero attached hydrogens (tertiary/aromatic N) is 2. The first kappa shape index (κ1) is 16.8. The van der Waals surface area contributed by atoms with Crippen LogP contribution in [0.15, 0.2) is 21.4 Å². The number of thioether (sulfide) groups is 1. The van der Waals surface area contributed by atoms with Crippen LogP contribution in [0.5, 0.6) is 0 Å². The fourth-order valence-corrected chi connectivity index (χ4v) is 3.32. The molecule has 120 valence electrons. The van der Waals surface area contributed by atoms with Crippen LogP contribution in [0.4, 0.5) is 13.2 Å². The molecule has 0 aliphatic heterocycles. The second kappa shape index (κ2) is 6.29. The van der Waals surface area contributed by atoms with Gasteiger partial charge in [-0.1, -0.05) is 11.8 Å². The SMILES string of the molecule is CC(Sc1nc2ccsc2c(=O)n1C)C(=O)NCC(F)(F)F. The third-order valence-electron chi connectivity index (χ3n) is 2.76. The van der Waals surface area contributed by atoms with Crippen LogP contribution in [-0.2, 0) is 11.8 Å². The van der Waals surface area contributed by atoms with Crippen molar-refractivity contribution in [2.24, 2.45) is 7.05 Å². The van der Waals surface area contributed by atoms with E-state index in [0.717, 1.165) is 11.8 Å². The molecule has 0 aliphatic rings. The normalized spacial score (nSPS) is 13.3. The van der Waals surface area contributed by atoms with Crippen LogP contribution in [0.2, 0.25) is 0 Å². The molecule has 2 aromatic rings. The Morgan fingerprint density at radius 3 is 2.86 bits per heavy atom. The van der Waals surface area contributed by atoms with Crippen molar-refractivity contribution in [1.29, 1.82) is 0 Å². The molecule has 1 unspecified atom stereocenters. The van der Waals surface area contributed by atoms with Crippen LogP contribution >= 0.6 is 23.1 Å². The van der Waals surface area contributed by atoms with Gasteiger partial charge in [0.15, 0.2) is 5.16 Å². The molecule has 0 fully saturated rings. The molecule has 1 amide bonds. The lowest BCUT2D eigenvalue weighted by Crippen LogP contribution is -2.38. The van der Waals surface area contributed by atoms with Gasteiger partial charge in [-0.05, 0) is 18.4 Å². The van der Waals surface area contributed by atoms with Crippen LogP contribution in [0, 0.1) is 0 Å². The topological polar surface area (TPSA) is 64.0 Å². The van der Waals surface area contributed by atoms with E-state index in [1.807, 2.05) is 5.32 Å². The van der Waals surface area contributed by atoms with Crippen LogP contribution in [0.3, 0.4) is 0 Å². The molecule has 0 saturated carbocycles. The van der Waals surface area contributed by atoms with Crippen LogP contribution < -0.4 is 10.9 Å². The summed E-state index contributed by atoms with van der Waals surface area (Å²) in [5, 5.41) is 3.01. The Kier molecular flexibility index (Phi) is 4.81. The number of aromatic nitrogens is 2. The van der Waals surface area contributed by atoms with Crippen molar-refractivity contribution in [3.05, 3.63) is 21.8 Å². The van der Waals surface area contributed by atoms with E-state index >= 15 is 0 Å². The van der Waals surface area contributed by atoms with Gasteiger partial charge in [-0.15, -0.1) is 11.3 Å². The Balaban J connectivity index is 2.14. The number of halogens is 3. The van der Waals surface area contributed by atoms with Gasteiger partial charge in [-0.2, -0.15) is 13.2 Å². The maximum absolute atomic E-state index is 12.1. The number of hydrogen-bond acceptors (Lipinski definition) is 5.